The maximum Gasteiger partial charge on any atom is 0.317 e. The lowest BCUT2D eigenvalue weighted by atomic mass is 10.2. The summed E-state index contributed by atoms with van der Waals surface area (Å²) in [5.74, 6) is 0.897. The fourth-order valence-electron chi connectivity index (χ4n) is 2.63. The number of carbonyl (C=O) groups excluding carboxylic acids is 1. The molecule has 0 aliphatic carbocycles. The average molecular weight is 294 g/mol. The van der Waals surface area contributed by atoms with Gasteiger partial charge in [-0.25, -0.2) is 4.79 Å². The van der Waals surface area contributed by atoms with Crippen molar-refractivity contribution in [3.05, 3.63) is 17.0 Å². The van der Waals surface area contributed by atoms with Crippen LogP contribution >= 0.6 is 0 Å². The van der Waals surface area contributed by atoms with Gasteiger partial charge in [0.15, 0.2) is 0 Å². The number of aromatic nitrogens is 1. The molecule has 1 saturated heterocycles. The van der Waals surface area contributed by atoms with Gasteiger partial charge in [0.1, 0.15) is 5.76 Å². The van der Waals surface area contributed by atoms with Crippen LogP contribution in [0.2, 0.25) is 0 Å². The van der Waals surface area contributed by atoms with Crippen LogP contribution in [0.1, 0.15) is 36.8 Å². The van der Waals surface area contributed by atoms with E-state index in [1.165, 1.54) is 5.56 Å². The van der Waals surface area contributed by atoms with Gasteiger partial charge in [-0.1, -0.05) is 12.1 Å². The number of hydrogen-bond acceptors (Lipinski definition) is 4. The Bertz CT molecular complexity index is 453. The molecule has 0 spiro atoms. The molecule has 0 bridgehead atoms. The molecule has 1 N–H and O–H groups in total. The van der Waals surface area contributed by atoms with E-state index < -0.39 is 0 Å². The lowest BCUT2D eigenvalue weighted by molar-refractivity contribution is 0.197. The van der Waals surface area contributed by atoms with Crippen molar-refractivity contribution in [3.8, 4) is 0 Å². The minimum atomic E-state index is 0.0658. The maximum atomic E-state index is 12.0. The summed E-state index contributed by atoms with van der Waals surface area (Å²) in [7, 11) is 0. The first-order valence-electron chi connectivity index (χ1n) is 7.78. The van der Waals surface area contributed by atoms with Crippen molar-refractivity contribution in [1.29, 1.82) is 0 Å². The molecular formula is C15H26N4O2. The number of carbonyl (C=O) groups is 1. The summed E-state index contributed by atoms with van der Waals surface area (Å²) in [6.45, 7) is 11.1. The number of hydrogen-bond donors (Lipinski definition) is 1. The van der Waals surface area contributed by atoms with Crippen molar-refractivity contribution in [2.75, 3.05) is 32.7 Å². The standard InChI is InChI=1S/C15H26N4O2/c1-4-6-16-15(20)19-8-5-7-18(9-10-19)11-14-12(2)17-21-13(14)3/h4-11H2,1-3H3,(H,16,20). The third-order valence-corrected chi connectivity index (χ3v) is 3.96. The van der Waals surface area contributed by atoms with E-state index in [1.54, 1.807) is 0 Å². The van der Waals surface area contributed by atoms with Gasteiger partial charge < -0.3 is 14.7 Å². The van der Waals surface area contributed by atoms with Crippen molar-refractivity contribution in [2.45, 2.75) is 40.2 Å². The molecule has 0 atom stereocenters. The van der Waals surface area contributed by atoms with E-state index >= 15 is 0 Å². The molecule has 6 nitrogen and oxygen atoms in total. The van der Waals surface area contributed by atoms with Crippen molar-refractivity contribution in [1.82, 2.24) is 20.3 Å². The average Bonchev–Trinajstić information content (AvgIpc) is 2.70. The summed E-state index contributed by atoms with van der Waals surface area (Å²) < 4.78 is 5.22. The largest absolute Gasteiger partial charge is 0.361 e. The van der Waals surface area contributed by atoms with E-state index in [4.69, 9.17) is 4.52 Å². The molecule has 21 heavy (non-hydrogen) atoms. The van der Waals surface area contributed by atoms with Crippen LogP contribution in [-0.4, -0.2) is 53.7 Å². The maximum absolute atomic E-state index is 12.0. The third-order valence-electron chi connectivity index (χ3n) is 3.96. The predicted molar refractivity (Wildman–Crippen MR) is 81.1 cm³/mol. The lowest BCUT2D eigenvalue weighted by Crippen LogP contribution is -2.42. The second kappa shape index (κ2) is 7.45. The molecule has 1 fully saturated rings. The molecular weight excluding hydrogens is 268 g/mol. The Morgan fingerprint density at radius 3 is 2.76 bits per heavy atom. The highest BCUT2D eigenvalue weighted by molar-refractivity contribution is 5.74. The number of aryl methyl sites for hydroxylation is 2. The molecule has 2 heterocycles. The highest BCUT2D eigenvalue weighted by atomic mass is 16.5. The summed E-state index contributed by atoms with van der Waals surface area (Å²) >= 11 is 0. The smallest absolute Gasteiger partial charge is 0.317 e. The van der Waals surface area contributed by atoms with Gasteiger partial charge in [-0.2, -0.15) is 0 Å². The summed E-state index contributed by atoms with van der Waals surface area (Å²) in [5, 5.41) is 6.96. The quantitative estimate of drug-likeness (QED) is 0.921. The zero-order valence-corrected chi connectivity index (χ0v) is 13.3. The van der Waals surface area contributed by atoms with E-state index in [0.29, 0.717) is 0 Å². The first-order valence-corrected chi connectivity index (χ1v) is 7.78. The number of rotatable bonds is 4. The first-order chi connectivity index (χ1) is 10.1. The Balaban J connectivity index is 1.87. The van der Waals surface area contributed by atoms with E-state index in [9.17, 15) is 4.79 Å². The van der Waals surface area contributed by atoms with Crippen molar-refractivity contribution >= 4 is 6.03 Å². The third kappa shape index (κ3) is 4.20. The fourth-order valence-corrected chi connectivity index (χ4v) is 2.63. The van der Waals surface area contributed by atoms with Gasteiger partial charge in [0.25, 0.3) is 0 Å². The molecule has 0 unspecified atom stereocenters. The minimum Gasteiger partial charge on any atom is -0.361 e. The Hall–Kier alpha value is -1.56. The van der Waals surface area contributed by atoms with Crippen LogP contribution < -0.4 is 5.32 Å². The van der Waals surface area contributed by atoms with Crippen molar-refractivity contribution < 1.29 is 9.32 Å². The summed E-state index contributed by atoms with van der Waals surface area (Å²) in [5.41, 5.74) is 2.15. The second-order valence-corrected chi connectivity index (χ2v) is 5.65. The van der Waals surface area contributed by atoms with Crippen molar-refractivity contribution in [3.63, 3.8) is 0 Å². The van der Waals surface area contributed by atoms with Gasteiger partial charge in [0, 0.05) is 44.8 Å². The van der Waals surface area contributed by atoms with Crippen molar-refractivity contribution in [2.24, 2.45) is 0 Å². The van der Waals surface area contributed by atoms with Crippen LogP contribution in [-0.2, 0) is 6.54 Å². The molecule has 1 aromatic heterocycles. The Kier molecular flexibility index (Phi) is 5.61. The minimum absolute atomic E-state index is 0.0658. The molecule has 0 radical (unpaired) electrons. The zero-order valence-electron chi connectivity index (χ0n) is 13.3. The molecule has 6 heteroatoms. The molecule has 2 rings (SSSR count). The highest BCUT2D eigenvalue weighted by Crippen LogP contribution is 2.16. The normalized spacial score (nSPS) is 16.8. The molecule has 1 aromatic rings. The zero-order chi connectivity index (χ0) is 15.2. The van der Waals surface area contributed by atoms with Gasteiger partial charge in [-0.05, 0) is 26.7 Å². The monoisotopic (exact) mass is 294 g/mol. The van der Waals surface area contributed by atoms with E-state index in [0.717, 1.165) is 63.6 Å². The molecule has 0 aromatic carbocycles. The van der Waals surface area contributed by atoms with E-state index in [-0.39, 0.29) is 6.03 Å². The van der Waals surface area contributed by atoms with Gasteiger partial charge in [0.2, 0.25) is 0 Å². The summed E-state index contributed by atoms with van der Waals surface area (Å²) in [4.78, 5) is 16.3. The Labute approximate surface area is 126 Å². The molecule has 1 aliphatic heterocycles. The Morgan fingerprint density at radius 2 is 2.10 bits per heavy atom. The van der Waals surface area contributed by atoms with Crippen LogP contribution in [0.5, 0.6) is 0 Å². The number of nitrogens with one attached hydrogen (secondary N) is 1. The second-order valence-electron chi connectivity index (χ2n) is 5.65. The van der Waals surface area contributed by atoms with Crippen LogP contribution in [0, 0.1) is 13.8 Å². The number of urea groups is 1. The molecule has 118 valence electrons. The van der Waals surface area contributed by atoms with Gasteiger partial charge >= 0.3 is 6.03 Å². The van der Waals surface area contributed by atoms with Crippen LogP contribution in [0.15, 0.2) is 4.52 Å². The van der Waals surface area contributed by atoms with Crippen LogP contribution in [0.25, 0.3) is 0 Å². The molecule has 2 amide bonds. The van der Waals surface area contributed by atoms with Gasteiger partial charge in [-0.15, -0.1) is 0 Å². The molecule has 0 saturated carbocycles. The molecule has 1 aliphatic rings. The van der Waals surface area contributed by atoms with Crippen LogP contribution in [0.4, 0.5) is 4.79 Å². The lowest BCUT2D eigenvalue weighted by Gasteiger charge is -2.22. The van der Waals surface area contributed by atoms with Gasteiger partial charge in [-0.3, -0.25) is 4.90 Å². The van der Waals surface area contributed by atoms with E-state index in [1.807, 2.05) is 18.7 Å². The first kappa shape index (κ1) is 15.8. The summed E-state index contributed by atoms with van der Waals surface area (Å²) in [6, 6.07) is 0.0658. The number of amides is 2. The SMILES string of the molecule is CCCNC(=O)N1CCCN(Cc2c(C)noc2C)CC1. The topological polar surface area (TPSA) is 61.6 Å². The number of nitrogens with zero attached hydrogens (tertiary/aromatic N) is 3. The van der Waals surface area contributed by atoms with Gasteiger partial charge in [0.05, 0.1) is 5.69 Å². The van der Waals surface area contributed by atoms with Crippen LogP contribution in [0.3, 0.4) is 0 Å². The van der Waals surface area contributed by atoms with E-state index in [2.05, 4.69) is 22.3 Å². The summed E-state index contributed by atoms with van der Waals surface area (Å²) in [6.07, 6.45) is 1.97. The highest BCUT2D eigenvalue weighted by Gasteiger charge is 2.20. The predicted octanol–water partition coefficient (Wildman–Crippen LogP) is 1.92. The fraction of sp³-hybridized carbons (Fsp3) is 0.733. The Morgan fingerprint density at radius 1 is 1.29 bits per heavy atom.